The van der Waals surface area contributed by atoms with Crippen molar-refractivity contribution in [2.45, 2.75) is 63.5 Å². The highest BCUT2D eigenvalue weighted by Crippen LogP contribution is 2.38. The van der Waals surface area contributed by atoms with Gasteiger partial charge in [-0.1, -0.05) is 19.3 Å². The van der Waals surface area contributed by atoms with E-state index in [1.807, 2.05) is 12.1 Å². The molecule has 2 aromatic rings. The Morgan fingerprint density at radius 1 is 1.04 bits per heavy atom. The van der Waals surface area contributed by atoms with E-state index in [0.717, 1.165) is 23.6 Å². The average molecular weight is 313 g/mol. The Bertz CT molecular complexity index is 652. The van der Waals surface area contributed by atoms with Crippen LogP contribution < -0.4 is 5.32 Å². The van der Waals surface area contributed by atoms with E-state index in [2.05, 4.69) is 10.3 Å². The second-order valence-electron chi connectivity index (χ2n) is 6.94. The number of rotatable bonds is 5. The number of nitrogens with one attached hydrogen (secondary N) is 2. The van der Waals surface area contributed by atoms with Crippen molar-refractivity contribution in [1.29, 1.82) is 0 Å². The molecule has 2 fully saturated rings. The Kier molecular flexibility index (Phi) is 4.17. The number of H-pyrrole nitrogens is 1. The first-order valence-electron chi connectivity index (χ1n) is 8.88. The smallest absolute Gasteiger partial charge is 0.123 e. The van der Waals surface area contributed by atoms with Crippen LogP contribution in [-0.4, -0.2) is 16.0 Å². The normalized spacial score (nSPS) is 19.2. The minimum absolute atomic E-state index is 0.196. The molecule has 0 spiro atoms. The summed E-state index contributed by atoms with van der Waals surface area (Å²) >= 11 is 0. The van der Waals surface area contributed by atoms with Gasteiger partial charge in [0.25, 0.3) is 0 Å². The van der Waals surface area contributed by atoms with E-state index >= 15 is 0 Å². The summed E-state index contributed by atoms with van der Waals surface area (Å²) in [5.74, 6) is 1.39. The first-order valence-corrected chi connectivity index (χ1v) is 8.88. The predicted molar refractivity (Wildman–Crippen MR) is 89.7 cm³/mol. The number of halogens is 1. The third kappa shape index (κ3) is 3.18. The lowest BCUT2D eigenvalue weighted by Crippen LogP contribution is -2.34. The second kappa shape index (κ2) is 6.44. The summed E-state index contributed by atoms with van der Waals surface area (Å²) in [7, 11) is 0. The van der Waals surface area contributed by atoms with Gasteiger partial charge in [0, 0.05) is 23.2 Å². The number of hydrogen-bond donors (Lipinski definition) is 2. The fourth-order valence-corrected chi connectivity index (χ4v) is 3.71. The summed E-state index contributed by atoms with van der Waals surface area (Å²) in [5, 5.41) is 3.57. The molecule has 0 radical (unpaired) electrons. The van der Waals surface area contributed by atoms with Crippen LogP contribution in [0, 0.1) is 5.82 Å². The molecule has 122 valence electrons. The van der Waals surface area contributed by atoms with Gasteiger partial charge in [0.15, 0.2) is 0 Å². The maximum atomic E-state index is 13.2. The molecule has 23 heavy (non-hydrogen) atoms. The number of hydrogen-bond acceptors (Lipinski definition) is 2. The van der Waals surface area contributed by atoms with Crippen molar-refractivity contribution in [2.24, 2.45) is 0 Å². The van der Waals surface area contributed by atoms with Gasteiger partial charge in [-0.25, -0.2) is 9.37 Å². The zero-order valence-electron chi connectivity index (χ0n) is 13.4. The van der Waals surface area contributed by atoms with Gasteiger partial charge in [-0.15, -0.1) is 0 Å². The largest absolute Gasteiger partial charge is 0.344 e. The summed E-state index contributed by atoms with van der Waals surface area (Å²) in [4.78, 5) is 8.42. The number of nitrogens with zero attached hydrogens (tertiary/aromatic N) is 1. The van der Waals surface area contributed by atoms with Gasteiger partial charge >= 0.3 is 0 Å². The molecular formula is C19H24FN3. The van der Waals surface area contributed by atoms with Gasteiger partial charge in [-0.05, 0) is 49.9 Å². The van der Waals surface area contributed by atoms with Crippen molar-refractivity contribution in [3.8, 4) is 11.3 Å². The molecule has 2 aliphatic carbocycles. The molecule has 2 N–H and O–H groups in total. The maximum absolute atomic E-state index is 13.2. The van der Waals surface area contributed by atoms with Crippen LogP contribution in [-0.2, 0) is 6.54 Å². The van der Waals surface area contributed by atoms with Gasteiger partial charge in [0.2, 0.25) is 0 Å². The van der Waals surface area contributed by atoms with Crippen molar-refractivity contribution in [3.05, 3.63) is 41.6 Å². The molecule has 1 aromatic carbocycles. The Labute approximate surface area is 136 Å². The minimum atomic E-state index is -0.196. The molecule has 0 amide bonds. The second-order valence-corrected chi connectivity index (χ2v) is 6.94. The van der Waals surface area contributed by atoms with E-state index in [1.54, 1.807) is 0 Å². The van der Waals surface area contributed by atoms with Crippen LogP contribution in [0.2, 0.25) is 0 Å². The molecule has 0 aliphatic heterocycles. The highest BCUT2D eigenvalue weighted by molar-refractivity contribution is 5.63. The summed E-state index contributed by atoms with van der Waals surface area (Å²) in [5.41, 5.74) is 3.28. The summed E-state index contributed by atoms with van der Waals surface area (Å²) in [6.07, 6.45) is 8.94. The van der Waals surface area contributed by atoms with Crippen LogP contribution in [0.3, 0.4) is 0 Å². The van der Waals surface area contributed by atoms with Crippen molar-refractivity contribution in [2.75, 3.05) is 0 Å². The zero-order valence-corrected chi connectivity index (χ0v) is 13.4. The lowest BCUT2D eigenvalue weighted by molar-refractivity contribution is 0.335. The summed E-state index contributed by atoms with van der Waals surface area (Å²) in [6, 6.07) is 7.38. The van der Waals surface area contributed by atoms with Crippen molar-refractivity contribution >= 4 is 0 Å². The fourth-order valence-electron chi connectivity index (χ4n) is 3.71. The minimum Gasteiger partial charge on any atom is -0.344 e. The molecule has 0 unspecified atom stereocenters. The Morgan fingerprint density at radius 3 is 2.43 bits per heavy atom. The number of aromatic amines is 1. The van der Waals surface area contributed by atoms with Crippen LogP contribution in [0.5, 0.6) is 0 Å². The van der Waals surface area contributed by atoms with E-state index in [1.165, 1.54) is 62.8 Å². The summed E-state index contributed by atoms with van der Waals surface area (Å²) < 4.78 is 13.2. The Hall–Kier alpha value is -1.68. The van der Waals surface area contributed by atoms with Gasteiger partial charge in [-0.3, -0.25) is 0 Å². The number of imidazole rings is 1. The Balaban J connectivity index is 1.61. The van der Waals surface area contributed by atoms with Crippen molar-refractivity contribution < 1.29 is 4.39 Å². The molecule has 2 saturated carbocycles. The lowest BCUT2D eigenvalue weighted by atomic mass is 9.93. The molecule has 4 heteroatoms. The first kappa shape index (κ1) is 14.9. The third-order valence-electron chi connectivity index (χ3n) is 5.33. The fraction of sp³-hybridized carbons (Fsp3) is 0.526. The number of benzene rings is 1. The zero-order chi connectivity index (χ0) is 15.6. The quantitative estimate of drug-likeness (QED) is 0.852. The highest BCUT2D eigenvalue weighted by Gasteiger charge is 2.24. The van der Waals surface area contributed by atoms with Crippen molar-refractivity contribution in [1.82, 2.24) is 15.3 Å². The van der Waals surface area contributed by atoms with Crippen molar-refractivity contribution in [3.63, 3.8) is 0 Å². The van der Waals surface area contributed by atoms with Gasteiger partial charge in [0.1, 0.15) is 11.6 Å². The molecule has 0 atom stereocenters. The maximum Gasteiger partial charge on any atom is 0.123 e. The average Bonchev–Trinajstić information content (AvgIpc) is 3.15. The van der Waals surface area contributed by atoms with E-state index < -0.39 is 0 Å². The predicted octanol–water partition coefficient (Wildman–Crippen LogP) is 4.52. The molecule has 3 nitrogen and oxygen atoms in total. The van der Waals surface area contributed by atoms with Crippen LogP contribution in [0.4, 0.5) is 4.39 Å². The topological polar surface area (TPSA) is 40.7 Å². The highest BCUT2D eigenvalue weighted by atomic mass is 19.1. The third-order valence-corrected chi connectivity index (χ3v) is 5.33. The van der Waals surface area contributed by atoms with E-state index in [-0.39, 0.29) is 5.82 Å². The lowest BCUT2D eigenvalue weighted by Gasteiger charge is -2.26. The molecule has 2 aliphatic rings. The molecule has 1 heterocycles. The van der Waals surface area contributed by atoms with E-state index in [0.29, 0.717) is 12.0 Å². The molecule has 1 aromatic heterocycles. The molecular weight excluding hydrogens is 289 g/mol. The van der Waals surface area contributed by atoms with Gasteiger partial charge < -0.3 is 10.3 Å². The van der Waals surface area contributed by atoms with Crippen LogP contribution in [0.15, 0.2) is 24.3 Å². The van der Waals surface area contributed by atoms with E-state index in [4.69, 9.17) is 4.98 Å². The van der Waals surface area contributed by atoms with Crippen LogP contribution in [0.25, 0.3) is 11.3 Å². The monoisotopic (exact) mass is 313 g/mol. The molecule has 4 rings (SSSR count). The first-order chi connectivity index (χ1) is 11.3. The van der Waals surface area contributed by atoms with E-state index in [9.17, 15) is 4.39 Å². The van der Waals surface area contributed by atoms with Gasteiger partial charge in [0.05, 0.1) is 12.2 Å². The standard InChI is InChI=1S/C19H24FN3/c20-15-10-8-14(9-11-15)19-18(13-4-1-2-5-13)22-17(23-19)12-21-16-6-3-7-16/h8-11,13,16,21H,1-7,12H2,(H,22,23). The number of aromatic nitrogens is 2. The molecule has 0 saturated heterocycles. The van der Waals surface area contributed by atoms with Gasteiger partial charge in [-0.2, -0.15) is 0 Å². The SMILES string of the molecule is Fc1ccc(-c2nc(CNC3CCC3)[nH]c2C2CCCC2)cc1. The Morgan fingerprint density at radius 2 is 1.78 bits per heavy atom. The van der Waals surface area contributed by atoms with Crippen LogP contribution >= 0.6 is 0 Å². The molecule has 0 bridgehead atoms. The summed E-state index contributed by atoms with van der Waals surface area (Å²) in [6.45, 7) is 0.797. The van der Waals surface area contributed by atoms with Crippen LogP contribution in [0.1, 0.15) is 62.4 Å².